The van der Waals surface area contributed by atoms with Crippen LogP contribution in [0.15, 0.2) is 35.6 Å². The molecule has 17 heavy (non-hydrogen) atoms. The lowest BCUT2D eigenvalue weighted by atomic mass is 9.98. The van der Waals surface area contributed by atoms with Crippen LogP contribution in [0.3, 0.4) is 0 Å². The molecule has 2 rings (SSSR count). The van der Waals surface area contributed by atoms with Crippen molar-refractivity contribution in [2.45, 2.75) is 13.0 Å². The molecule has 4 nitrogen and oxygen atoms in total. The van der Waals surface area contributed by atoms with E-state index in [0.29, 0.717) is 5.56 Å². The van der Waals surface area contributed by atoms with E-state index in [1.165, 1.54) is 31.2 Å². The number of nitrogens with one attached hydrogen (secondary N) is 1. The molecule has 0 unspecified atom stereocenters. The van der Waals surface area contributed by atoms with Crippen LogP contribution in [0.4, 0.5) is 4.39 Å². The Kier molecular flexibility index (Phi) is 2.67. The predicted octanol–water partition coefficient (Wildman–Crippen LogP) is 1.40. The summed E-state index contributed by atoms with van der Waals surface area (Å²) < 4.78 is 12.8. The third kappa shape index (κ3) is 1.91. The standard InChI is InChI=1S/C12H10FNO3/c1-6(15)9-10(14-12(17)11(9)16)7-2-4-8(13)5-3-7/h2-5,10,16H,1H3,(H,14,17)/t10-/m1/s1. The fourth-order valence-corrected chi connectivity index (χ4v) is 1.81. The number of rotatable bonds is 2. The van der Waals surface area contributed by atoms with Crippen molar-refractivity contribution in [3.8, 4) is 0 Å². The van der Waals surface area contributed by atoms with Crippen molar-refractivity contribution in [3.63, 3.8) is 0 Å². The zero-order valence-corrected chi connectivity index (χ0v) is 9.03. The molecule has 1 atom stereocenters. The van der Waals surface area contributed by atoms with Crippen LogP contribution in [0, 0.1) is 5.82 Å². The Morgan fingerprint density at radius 1 is 1.35 bits per heavy atom. The highest BCUT2D eigenvalue weighted by atomic mass is 19.1. The monoisotopic (exact) mass is 235 g/mol. The molecule has 1 aliphatic heterocycles. The number of hydrogen-bond acceptors (Lipinski definition) is 3. The third-order valence-electron chi connectivity index (χ3n) is 2.62. The Labute approximate surface area is 96.8 Å². The molecule has 0 bridgehead atoms. The number of ketones is 1. The lowest BCUT2D eigenvalue weighted by Crippen LogP contribution is -2.23. The minimum Gasteiger partial charge on any atom is -0.503 e. The number of carbonyl (C=O) groups is 2. The molecule has 2 N–H and O–H groups in total. The van der Waals surface area contributed by atoms with Crippen molar-refractivity contribution < 1.29 is 19.1 Å². The normalized spacial score (nSPS) is 19.4. The number of carbonyl (C=O) groups excluding carboxylic acids is 2. The second kappa shape index (κ2) is 4.01. The van der Waals surface area contributed by atoms with Crippen LogP contribution in [0.5, 0.6) is 0 Å². The minimum atomic E-state index is -0.708. The summed E-state index contributed by atoms with van der Waals surface area (Å²) in [5.41, 5.74) is 0.565. The Balaban J connectivity index is 2.44. The van der Waals surface area contributed by atoms with Crippen LogP contribution in [0.1, 0.15) is 18.5 Å². The molecule has 1 heterocycles. The van der Waals surface area contributed by atoms with E-state index in [1.807, 2.05) is 0 Å². The summed E-state index contributed by atoms with van der Waals surface area (Å²) in [6, 6.07) is 4.67. The summed E-state index contributed by atoms with van der Waals surface area (Å²) in [5, 5.41) is 12.0. The Morgan fingerprint density at radius 3 is 2.47 bits per heavy atom. The molecule has 0 radical (unpaired) electrons. The van der Waals surface area contributed by atoms with Crippen molar-refractivity contribution in [1.29, 1.82) is 0 Å². The zero-order chi connectivity index (χ0) is 12.6. The maximum Gasteiger partial charge on any atom is 0.287 e. The van der Waals surface area contributed by atoms with Crippen molar-refractivity contribution in [1.82, 2.24) is 5.32 Å². The summed E-state index contributed by atoms with van der Waals surface area (Å²) >= 11 is 0. The first-order valence-corrected chi connectivity index (χ1v) is 5.01. The fraction of sp³-hybridized carbons (Fsp3) is 0.167. The second-order valence-electron chi connectivity index (χ2n) is 3.78. The van der Waals surface area contributed by atoms with Gasteiger partial charge in [0.25, 0.3) is 5.91 Å². The van der Waals surface area contributed by atoms with Gasteiger partial charge in [-0.15, -0.1) is 0 Å². The number of aliphatic hydroxyl groups excluding tert-OH is 1. The minimum absolute atomic E-state index is 0.0154. The highest BCUT2D eigenvalue weighted by Crippen LogP contribution is 2.29. The molecule has 0 fully saturated rings. The fourth-order valence-electron chi connectivity index (χ4n) is 1.81. The number of hydrogen-bond donors (Lipinski definition) is 2. The van der Waals surface area contributed by atoms with Crippen LogP contribution in [0.25, 0.3) is 0 Å². The van der Waals surface area contributed by atoms with Gasteiger partial charge in [0.15, 0.2) is 11.5 Å². The topological polar surface area (TPSA) is 66.4 Å². The molecule has 1 aliphatic rings. The van der Waals surface area contributed by atoms with E-state index in [9.17, 15) is 19.1 Å². The van der Waals surface area contributed by atoms with Gasteiger partial charge in [-0.25, -0.2) is 4.39 Å². The Bertz CT molecular complexity index is 519. The van der Waals surface area contributed by atoms with Gasteiger partial charge in [-0.05, 0) is 24.6 Å². The molecule has 0 spiro atoms. The molecule has 1 amide bonds. The predicted molar refractivity (Wildman–Crippen MR) is 57.6 cm³/mol. The van der Waals surface area contributed by atoms with E-state index in [1.54, 1.807) is 0 Å². The first-order valence-electron chi connectivity index (χ1n) is 5.01. The maximum absolute atomic E-state index is 12.8. The zero-order valence-electron chi connectivity index (χ0n) is 9.03. The van der Waals surface area contributed by atoms with Crippen LogP contribution < -0.4 is 5.32 Å². The van der Waals surface area contributed by atoms with Gasteiger partial charge in [0.2, 0.25) is 0 Å². The molecule has 1 aromatic carbocycles. The van der Waals surface area contributed by atoms with Crippen molar-refractivity contribution in [2.75, 3.05) is 0 Å². The van der Waals surface area contributed by atoms with Crippen LogP contribution in [0.2, 0.25) is 0 Å². The first-order chi connectivity index (χ1) is 8.00. The van der Waals surface area contributed by atoms with Gasteiger partial charge in [0, 0.05) is 0 Å². The molecule has 5 heteroatoms. The first kappa shape index (κ1) is 11.3. The van der Waals surface area contributed by atoms with Gasteiger partial charge in [-0.1, -0.05) is 12.1 Å². The van der Waals surface area contributed by atoms with Crippen molar-refractivity contribution >= 4 is 11.7 Å². The van der Waals surface area contributed by atoms with Crippen LogP contribution in [-0.2, 0) is 9.59 Å². The van der Waals surface area contributed by atoms with Crippen molar-refractivity contribution in [3.05, 3.63) is 47.0 Å². The molecule has 0 aromatic heterocycles. The van der Waals surface area contributed by atoms with Gasteiger partial charge < -0.3 is 10.4 Å². The number of aliphatic hydroxyl groups is 1. The summed E-state index contributed by atoms with van der Waals surface area (Å²) in [4.78, 5) is 22.7. The largest absolute Gasteiger partial charge is 0.503 e. The van der Waals surface area contributed by atoms with E-state index < -0.39 is 29.3 Å². The van der Waals surface area contributed by atoms with E-state index in [0.717, 1.165) is 0 Å². The summed E-state index contributed by atoms with van der Waals surface area (Å²) in [6.45, 7) is 1.27. The van der Waals surface area contributed by atoms with Gasteiger partial charge in [-0.3, -0.25) is 9.59 Å². The average molecular weight is 235 g/mol. The third-order valence-corrected chi connectivity index (χ3v) is 2.62. The van der Waals surface area contributed by atoms with Gasteiger partial charge in [0.1, 0.15) is 5.82 Å². The SMILES string of the molecule is CC(=O)C1=C(O)C(=O)N[C@@H]1c1ccc(F)cc1. The van der Waals surface area contributed by atoms with E-state index in [4.69, 9.17) is 0 Å². The molecule has 88 valence electrons. The Hall–Kier alpha value is -2.17. The lowest BCUT2D eigenvalue weighted by molar-refractivity contribution is -0.119. The highest BCUT2D eigenvalue weighted by molar-refractivity contribution is 6.08. The van der Waals surface area contributed by atoms with Crippen LogP contribution >= 0.6 is 0 Å². The van der Waals surface area contributed by atoms with Gasteiger partial charge >= 0.3 is 0 Å². The van der Waals surface area contributed by atoms with E-state index in [2.05, 4.69) is 5.32 Å². The molecule has 0 saturated heterocycles. The molecule has 1 aromatic rings. The number of amides is 1. The summed E-state index contributed by atoms with van der Waals surface area (Å²) in [7, 11) is 0. The number of halogens is 1. The quantitative estimate of drug-likeness (QED) is 0.814. The smallest absolute Gasteiger partial charge is 0.287 e. The maximum atomic E-state index is 12.8. The van der Waals surface area contributed by atoms with E-state index >= 15 is 0 Å². The highest BCUT2D eigenvalue weighted by Gasteiger charge is 2.35. The lowest BCUT2D eigenvalue weighted by Gasteiger charge is -2.12. The number of Topliss-reactive ketones (excluding diaryl/α,β-unsaturated/α-hetero) is 1. The second-order valence-corrected chi connectivity index (χ2v) is 3.78. The average Bonchev–Trinajstić information content (AvgIpc) is 2.56. The summed E-state index contributed by atoms with van der Waals surface area (Å²) in [6.07, 6.45) is 0. The van der Waals surface area contributed by atoms with Gasteiger partial charge in [-0.2, -0.15) is 0 Å². The Morgan fingerprint density at radius 2 is 1.94 bits per heavy atom. The molecular formula is C12H10FNO3. The number of benzene rings is 1. The van der Waals surface area contributed by atoms with E-state index in [-0.39, 0.29) is 5.57 Å². The van der Waals surface area contributed by atoms with Gasteiger partial charge in [0.05, 0.1) is 11.6 Å². The summed E-state index contributed by atoms with van der Waals surface area (Å²) in [5.74, 6) is -2.05. The van der Waals surface area contributed by atoms with Crippen molar-refractivity contribution in [2.24, 2.45) is 0 Å². The van der Waals surface area contributed by atoms with Crippen LogP contribution in [-0.4, -0.2) is 16.8 Å². The molecule has 0 saturated carbocycles. The molecule has 0 aliphatic carbocycles. The molecular weight excluding hydrogens is 225 g/mol.